The minimum absolute atomic E-state index is 0.0488. The van der Waals surface area contributed by atoms with Crippen molar-refractivity contribution in [2.45, 2.75) is 25.8 Å². The molecule has 2 rings (SSSR count). The number of hydrogen-bond donors (Lipinski definition) is 1. The quantitative estimate of drug-likeness (QED) is 0.888. The molecule has 0 spiro atoms. The molecule has 0 aromatic heterocycles. The van der Waals surface area contributed by atoms with Gasteiger partial charge in [0.2, 0.25) is 11.8 Å². The van der Waals surface area contributed by atoms with Crippen LogP contribution < -0.4 is 5.32 Å². The lowest BCUT2D eigenvalue weighted by molar-refractivity contribution is -0.135. The van der Waals surface area contributed by atoms with Crippen LogP contribution in [0.3, 0.4) is 0 Å². The Morgan fingerprint density at radius 1 is 0.917 bits per heavy atom. The Balaban J connectivity index is 2.24. The summed E-state index contributed by atoms with van der Waals surface area (Å²) in [6, 6.07) is 19.4. The molecule has 2 aromatic carbocycles. The Hall–Kier alpha value is -2.62. The van der Waals surface area contributed by atoms with Crippen LogP contribution in [-0.2, 0) is 9.59 Å². The first kappa shape index (κ1) is 17.7. The molecule has 0 aliphatic carbocycles. The number of nitrogens with zero attached hydrogens (tertiary/aromatic N) is 1. The number of likely N-dealkylation sites (N-methyl/N-ethyl adjacent to an activating group) is 1. The van der Waals surface area contributed by atoms with Gasteiger partial charge in [0.25, 0.3) is 0 Å². The third-order valence-electron chi connectivity index (χ3n) is 3.72. The molecular weight excluding hydrogens is 300 g/mol. The van der Waals surface area contributed by atoms with Crippen LogP contribution in [0.25, 0.3) is 0 Å². The average Bonchev–Trinajstić information content (AvgIpc) is 2.56. The molecule has 0 bridgehead atoms. The molecule has 0 atom stereocenters. The molecule has 0 saturated carbocycles. The van der Waals surface area contributed by atoms with Crippen molar-refractivity contribution in [1.82, 2.24) is 10.2 Å². The number of rotatable bonds is 6. The first-order valence-electron chi connectivity index (χ1n) is 8.13. The van der Waals surface area contributed by atoms with Crippen LogP contribution in [0.1, 0.15) is 30.9 Å². The molecule has 126 valence electrons. The van der Waals surface area contributed by atoms with Crippen molar-refractivity contribution in [3.63, 3.8) is 0 Å². The normalized spacial score (nSPS) is 10.7. The second kappa shape index (κ2) is 8.29. The molecule has 4 nitrogen and oxygen atoms in total. The first-order chi connectivity index (χ1) is 11.5. The number of hydrogen-bond acceptors (Lipinski definition) is 2. The summed E-state index contributed by atoms with van der Waals surface area (Å²) < 4.78 is 0. The van der Waals surface area contributed by atoms with Gasteiger partial charge in [0.05, 0.1) is 12.5 Å². The maximum absolute atomic E-state index is 13.0. The Bertz CT molecular complexity index is 629. The molecule has 0 saturated heterocycles. The molecule has 0 unspecified atom stereocenters. The van der Waals surface area contributed by atoms with Gasteiger partial charge in [-0.2, -0.15) is 0 Å². The van der Waals surface area contributed by atoms with Crippen LogP contribution in [0.15, 0.2) is 60.7 Å². The van der Waals surface area contributed by atoms with Crippen molar-refractivity contribution in [2.75, 3.05) is 13.6 Å². The lowest BCUT2D eigenvalue weighted by atomic mass is 9.90. The molecule has 0 fully saturated rings. The highest BCUT2D eigenvalue weighted by molar-refractivity contribution is 5.90. The summed E-state index contributed by atoms with van der Waals surface area (Å²) in [5.74, 6) is -0.656. The van der Waals surface area contributed by atoms with Gasteiger partial charge in [0, 0.05) is 13.1 Å². The molecular formula is C20H24N2O2. The molecule has 0 aliphatic heterocycles. The summed E-state index contributed by atoms with van der Waals surface area (Å²) in [6.07, 6.45) is 0. The molecule has 2 amide bonds. The summed E-state index contributed by atoms with van der Waals surface area (Å²) in [5.41, 5.74) is 1.84. The standard InChI is InChI=1S/C20H24N2O2/c1-15(2)21-18(23)14-22(3)20(24)19(16-10-6-4-7-11-16)17-12-8-5-9-13-17/h4-13,15,19H,14H2,1-3H3,(H,21,23). The number of nitrogens with one attached hydrogen (secondary N) is 1. The van der Waals surface area contributed by atoms with Gasteiger partial charge >= 0.3 is 0 Å². The highest BCUT2D eigenvalue weighted by Gasteiger charge is 2.26. The van der Waals surface area contributed by atoms with E-state index in [2.05, 4.69) is 5.32 Å². The topological polar surface area (TPSA) is 49.4 Å². The van der Waals surface area contributed by atoms with E-state index in [1.165, 1.54) is 4.90 Å². The second-order valence-electron chi connectivity index (χ2n) is 6.17. The van der Waals surface area contributed by atoms with E-state index in [9.17, 15) is 9.59 Å². The predicted octanol–water partition coefficient (Wildman–Crippen LogP) is 2.80. The van der Waals surface area contributed by atoms with E-state index < -0.39 is 5.92 Å². The van der Waals surface area contributed by atoms with Gasteiger partial charge in [-0.25, -0.2) is 0 Å². The summed E-state index contributed by atoms with van der Waals surface area (Å²) in [7, 11) is 1.67. The van der Waals surface area contributed by atoms with Gasteiger partial charge in [0.15, 0.2) is 0 Å². The van der Waals surface area contributed by atoms with E-state index in [4.69, 9.17) is 0 Å². The third kappa shape index (κ3) is 4.69. The number of carbonyl (C=O) groups excluding carboxylic acids is 2. The molecule has 4 heteroatoms. The third-order valence-corrected chi connectivity index (χ3v) is 3.72. The highest BCUT2D eigenvalue weighted by Crippen LogP contribution is 2.26. The second-order valence-corrected chi connectivity index (χ2v) is 6.17. The minimum atomic E-state index is -0.413. The first-order valence-corrected chi connectivity index (χ1v) is 8.13. The zero-order valence-corrected chi connectivity index (χ0v) is 14.4. The van der Waals surface area contributed by atoms with E-state index >= 15 is 0 Å². The van der Waals surface area contributed by atoms with Crippen molar-refractivity contribution in [1.29, 1.82) is 0 Å². The lowest BCUT2D eigenvalue weighted by Crippen LogP contribution is -2.42. The van der Waals surface area contributed by atoms with Gasteiger partial charge in [-0.05, 0) is 25.0 Å². The van der Waals surface area contributed by atoms with Crippen molar-refractivity contribution < 1.29 is 9.59 Å². The van der Waals surface area contributed by atoms with E-state index in [1.54, 1.807) is 7.05 Å². The fraction of sp³-hybridized carbons (Fsp3) is 0.300. The monoisotopic (exact) mass is 324 g/mol. The van der Waals surface area contributed by atoms with Crippen LogP contribution in [0.5, 0.6) is 0 Å². The molecule has 0 radical (unpaired) electrons. The number of amides is 2. The van der Waals surface area contributed by atoms with Crippen molar-refractivity contribution in [3.8, 4) is 0 Å². The minimum Gasteiger partial charge on any atom is -0.352 e. The summed E-state index contributed by atoms with van der Waals surface area (Å²) in [4.78, 5) is 26.5. The number of benzene rings is 2. The maximum atomic E-state index is 13.0. The van der Waals surface area contributed by atoms with Crippen LogP contribution in [-0.4, -0.2) is 36.3 Å². The van der Waals surface area contributed by atoms with E-state index in [1.807, 2.05) is 74.5 Å². The molecule has 2 aromatic rings. The van der Waals surface area contributed by atoms with Crippen LogP contribution in [0.2, 0.25) is 0 Å². The SMILES string of the molecule is CC(C)NC(=O)CN(C)C(=O)C(c1ccccc1)c1ccccc1. The zero-order chi connectivity index (χ0) is 17.5. The van der Waals surface area contributed by atoms with Crippen LogP contribution >= 0.6 is 0 Å². The van der Waals surface area contributed by atoms with Crippen molar-refractivity contribution in [3.05, 3.63) is 71.8 Å². The predicted molar refractivity (Wildman–Crippen MR) is 95.6 cm³/mol. The maximum Gasteiger partial charge on any atom is 0.239 e. The van der Waals surface area contributed by atoms with Crippen molar-refractivity contribution >= 4 is 11.8 Å². The van der Waals surface area contributed by atoms with Gasteiger partial charge in [0.1, 0.15) is 0 Å². The Morgan fingerprint density at radius 2 is 1.38 bits per heavy atom. The van der Waals surface area contributed by atoms with Gasteiger partial charge in [-0.15, -0.1) is 0 Å². The highest BCUT2D eigenvalue weighted by atomic mass is 16.2. The smallest absolute Gasteiger partial charge is 0.239 e. The summed E-state index contributed by atoms with van der Waals surface area (Å²) in [6.45, 7) is 3.85. The lowest BCUT2D eigenvalue weighted by Gasteiger charge is -2.24. The Labute approximate surface area is 143 Å². The zero-order valence-electron chi connectivity index (χ0n) is 14.4. The van der Waals surface area contributed by atoms with Gasteiger partial charge in [-0.1, -0.05) is 60.7 Å². The van der Waals surface area contributed by atoms with Crippen LogP contribution in [0.4, 0.5) is 0 Å². The fourth-order valence-electron chi connectivity index (χ4n) is 2.65. The molecule has 24 heavy (non-hydrogen) atoms. The van der Waals surface area contributed by atoms with Gasteiger partial charge < -0.3 is 10.2 Å². The molecule has 1 N–H and O–H groups in total. The largest absolute Gasteiger partial charge is 0.352 e. The van der Waals surface area contributed by atoms with Gasteiger partial charge in [-0.3, -0.25) is 9.59 Å². The molecule has 0 aliphatic rings. The fourth-order valence-corrected chi connectivity index (χ4v) is 2.65. The summed E-state index contributed by atoms with van der Waals surface area (Å²) in [5, 5.41) is 2.81. The average molecular weight is 324 g/mol. The number of carbonyl (C=O) groups is 2. The van der Waals surface area contributed by atoms with E-state index in [-0.39, 0.29) is 24.4 Å². The molecule has 0 heterocycles. The van der Waals surface area contributed by atoms with Crippen molar-refractivity contribution in [2.24, 2.45) is 0 Å². The van der Waals surface area contributed by atoms with E-state index in [0.717, 1.165) is 11.1 Å². The van der Waals surface area contributed by atoms with E-state index in [0.29, 0.717) is 0 Å². The Morgan fingerprint density at radius 3 is 1.79 bits per heavy atom. The Kier molecular flexibility index (Phi) is 6.13. The summed E-state index contributed by atoms with van der Waals surface area (Å²) >= 11 is 0. The van der Waals surface area contributed by atoms with Crippen LogP contribution in [0, 0.1) is 0 Å².